The van der Waals surface area contributed by atoms with Crippen LogP contribution in [0.3, 0.4) is 0 Å². The van der Waals surface area contributed by atoms with E-state index in [1.807, 2.05) is 0 Å². The van der Waals surface area contributed by atoms with E-state index in [1.165, 1.54) is 15.6 Å². The monoisotopic (exact) mass is 337 g/mol. The number of aliphatic carboxylic acids is 1. The highest BCUT2D eigenvalue weighted by atomic mass is 19.2. The molecule has 24 heavy (non-hydrogen) atoms. The van der Waals surface area contributed by atoms with E-state index in [9.17, 15) is 18.4 Å². The largest absolute Gasteiger partial charge is 0.481 e. The maximum atomic E-state index is 13.3. The molecule has 2 rings (SSSR count). The molecule has 128 valence electrons. The van der Waals surface area contributed by atoms with Crippen molar-refractivity contribution in [3.63, 3.8) is 0 Å². The van der Waals surface area contributed by atoms with Crippen molar-refractivity contribution >= 4 is 11.9 Å². The zero-order valence-corrected chi connectivity index (χ0v) is 13.3. The second kappa shape index (κ2) is 7.20. The van der Waals surface area contributed by atoms with Gasteiger partial charge in [-0.25, -0.2) is 8.78 Å². The van der Waals surface area contributed by atoms with Crippen LogP contribution in [-0.4, -0.2) is 38.2 Å². The van der Waals surface area contributed by atoms with Crippen LogP contribution < -0.4 is 0 Å². The van der Waals surface area contributed by atoms with Crippen LogP contribution in [0.5, 0.6) is 0 Å². The number of carboxylic acid groups (broad SMARTS) is 1. The SMILES string of the molecule is Cc1cc(C(=O)N(CCC(=O)O)Cc2ccc(F)c(F)c2)n(C)n1. The number of halogens is 2. The van der Waals surface area contributed by atoms with Gasteiger partial charge in [-0.2, -0.15) is 5.10 Å². The third-order valence-corrected chi connectivity index (χ3v) is 3.46. The van der Waals surface area contributed by atoms with E-state index in [2.05, 4.69) is 5.10 Å². The lowest BCUT2D eigenvalue weighted by Gasteiger charge is -2.22. The fourth-order valence-corrected chi connectivity index (χ4v) is 2.31. The lowest BCUT2D eigenvalue weighted by atomic mass is 10.2. The second-order valence-corrected chi connectivity index (χ2v) is 5.41. The zero-order valence-electron chi connectivity index (χ0n) is 13.3. The van der Waals surface area contributed by atoms with E-state index in [1.54, 1.807) is 20.0 Å². The summed E-state index contributed by atoms with van der Waals surface area (Å²) in [6, 6.07) is 4.90. The lowest BCUT2D eigenvalue weighted by molar-refractivity contribution is -0.137. The van der Waals surface area contributed by atoms with Gasteiger partial charge in [-0.1, -0.05) is 6.07 Å². The molecule has 1 amide bonds. The molecule has 2 aromatic rings. The number of carboxylic acids is 1. The van der Waals surface area contributed by atoms with Crippen molar-refractivity contribution < 1.29 is 23.5 Å². The number of nitrogens with zero attached hydrogens (tertiary/aromatic N) is 3. The number of amides is 1. The summed E-state index contributed by atoms with van der Waals surface area (Å²) in [5.41, 5.74) is 1.30. The van der Waals surface area contributed by atoms with Gasteiger partial charge in [0.2, 0.25) is 0 Å². The van der Waals surface area contributed by atoms with Gasteiger partial charge in [-0.15, -0.1) is 0 Å². The molecule has 0 spiro atoms. The van der Waals surface area contributed by atoms with Gasteiger partial charge in [0.05, 0.1) is 12.1 Å². The third-order valence-electron chi connectivity index (χ3n) is 3.46. The van der Waals surface area contributed by atoms with Crippen LogP contribution in [0.15, 0.2) is 24.3 Å². The highest BCUT2D eigenvalue weighted by Crippen LogP contribution is 2.14. The summed E-state index contributed by atoms with van der Waals surface area (Å²) in [5.74, 6) is -3.48. The highest BCUT2D eigenvalue weighted by Gasteiger charge is 2.21. The predicted octanol–water partition coefficient (Wildman–Crippen LogP) is 2.12. The Kier molecular flexibility index (Phi) is 5.28. The first-order valence-corrected chi connectivity index (χ1v) is 7.23. The van der Waals surface area contributed by atoms with E-state index in [4.69, 9.17) is 5.11 Å². The van der Waals surface area contributed by atoms with Crippen LogP contribution >= 0.6 is 0 Å². The van der Waals surface area contributed by atoms with Crippen LogP contribution in [0.4, 0.5) is 8.78 Å². The first-order chi connectivity index (χ1) is 11.3. The maximum Gasteiger partial charge on any atom is 0.305 e. The van der Waals surface area contributed by atoms with Gasteiger partial charge in [0.1, 0.15) is 5.69 Å². The molecular formula is C16H17F2N3O3. The number of carbonyl (C=O) groups excluding carboxylic acids is 1. The molecule has 1 aromatic heterocycles. The molecule has 0 fully saturated rings. The van der Waals surface area contributed by atoms with Crippen molar-refractivity contribution in [3.8, 4) is 0 Å². The molecule has 0 atom stereocenters. The Balaban J connectivity index is 2.26. The molecular weight excluding hydrogens is 320 g/mol. The van der Waals surface area contributed by atoms with Crippen molar-refractivity contribution in [1.82, 2.24) is 14.7 Å². The number of rotatable bonds is 6. The predicted molar refractivity (Wildman–Crippen MR) is 81.3 cm³/mol. The van der Waals surface area contributed by atoms with Crippen LogP contribution in [0.2, 0.25) is 0 Å². The summed E-state index contributed by atoms with van der Waals surface area (Å²) in [6.07, 6.45) is -0.258. The zero-order chi connectivity index (χ0) is 17.9. The van der Waals surface area contributed by atoms with Crippen molar-refractivity contribution in [3.05, 3.63) is 52.9 Å². The Bertz CT molecular complexity index is 774. The van der Waals surface area contributed by atoms with Crippen molar-refractivity contribution in [1.29, 1.82) is 0 Å². The Morgan fingerprint density at radius 1 is 1.25 bits per heavy atom. The topological polar surface area (TPSA) is 75.4 Å². The molecule has 0 aliphatic heterocycles. The Labute approximate surface area is 137 Å². The molecule has 6 nitrogen and oxygen atoms in total. The minimum absolute atomic E-state index is 0.0342. The molecule has 1 N–H and O–H groups in total. The average molecular weight is 337 g/mol. The normalized spacial score (nSPS) is 10.7. The molecule has 0 bridgehead atoms. The van der Waals surface area contributed by atoms with E-state index in [0.717, 1.165) is 12.1 Å². The maximum absolute atomic E-state index is 13.3. The molecule has 0 unspecified atom stereocenters. The summed E-state index contributed by atoms with van der Waals surface area (Å²) in [5, 5.41) is 12.9. The summed E-state index contributed by atoms with van der Waals surface area (Å²) in [4.78, 5) is 24.7. The fraction of sp³-hybridized carbons (Fsp3) is 0.312. The molecule has 8 heteroatoms. The smallest absolute Gasteiger partial charge is 0.305 e. The van der Waals surface area contributed by atoms with Crippen molar-refractivity contribution in [2.75, 3.05) is 6.54 Å². The van der Waals surface area contributed by atoms with Gasteiger partial charge in [-0.05, 0) is 30.7 Å². The van der Waals surface area contributed by atoms with Gasteiger partial charge in [0.25, 0.3) is 5.91 Å². The minimum Gasteiger partial charge on any atom is -0.481 e. The molecule has 0 aliphatic carbocycles. The summed E-state index contributed by atoms with van der Waals surface area (Å²) in [6.45, 7) is 1.64. The number of aromatic nitrogens is 2. The molecule has 0 radical (unpaired) electrons. The lowest BCUT2D eigenvalue weighted by Crippen LogP contribution is -2.34. The number of carbonyl (C=O) groups is 2. The highest BCUT2D eigenvalue weighted by molar-refractivity contribution is 5.92. The van der Waals surface area contributed by atoms with Gasteiger partial charge < -0.3 is 10.0 Å². The first kappa shape index (κ1) is 17.6. The number of aryl methyl sites for hydroxylation is 2. The molecule has 0 aliphatic rings. The second-order valence-electron chi connectivity index (χ2n) is 5.41. The molecule has 1 heterocycles. The van der Waals surface area contributed by atoms with Crippen LogP contribution in [-0.2, 0) is 18.4 Å². The average Bonchev–Trinajstić information content (AvgIpc) is 2.85. The molecule has 0 saturated heterocycles. The Morgan fingerprint density at radius 2 is 1.96 bits per heavy atom. The Morgan fingerprint density at radius 3 is 2.50 bits per heavy atom. The van der Waals surface area contributed by atoms with E-state index < -0.39 is 23.5 Å². The van der Waals surface area contributed by atoms with Crippen LogP contribution in [0, 0.1) is 18.6 Å². The quantitative estimate of drug-likeness (QED) is 0.876. The van der Waals surface area contributed by atoms with Gasteiger partial charge >= 0.3 is 5.97 Å². The van der Waals surface area contributed by atoms with Gasteiger partial charge in [0, 0.05) is 20.1 Å². The molecule has 1 aromatic carbocycles. The van der Waals surface area contributed by atoms with Crippen molar-refractivity contribution in [2.24, 2.45) is 7.05 Å². The van der Waals surface area contributed by atoms with E-state index >= 15 is 0 Å². The van der Waals surface area contributed by atoms with Gasteiger partial charge in [-0.3, -0.25) is 14.3 Å². The van der Waals surface area contributed by atoms with Crippen LogP contribution in [0.25, 0.3) is 0 Å². The van der Waals surface area contributed by atoms with E-state index in [-0.39, 0.29) is 19.5 Å². The number of benzene rings is 1. The number of hydrogen-bond acceptors (Lipinski definition) is 3. The Hall–Kier alpha value is -2.77. The van der Waals surface area contributed by atoms with Crippen LogP contribution in [0.1, 0.15) is 28.2 Å². The number of hydrogen-bond donors (Lipinski definition) is 1. The molecule has 0 saturated carbocycles. The minimum atomic E-state index is -1.06. The van der Waals surface area contributed by atoms with Gasteiger partial charge in [0.15, 0.2) is 11.6 Å². The van der Waals surface area contributed by atoms with Crippen molar-refractivity contribution in [2.45, 2.75) is 19.9 Å². The summed E-state index contributed by atoms with van der Waals surface area (Å²) in [7, 11) is 1.60. The third kappa shape index (κ3) is 4.15. The summed E-state index contributed by atoms with van der Waals surface area (Å²) < 4.78 is 27.8. The van der Waals surface area contributed by atoms with E-state index in [0.29, 0.717) is 17.0 Å². The summed E-state index contributed by atoms with van der Waals surface area (Å²) >= 11 is 0. The fourth-order valence-electron chi connectivity index (χ4n) is 2.31. The first-order valence-electron chi connectivity index (χ1n) is 7.23. The standard InChI is InChI=1S/C16H17F2N3O3/c1-10-7-14(20(2)19-10)16(24)21(6-5-15(22)23)9-11-3-4-12(17)13(18)8-11/h3-4,7-8H,5-6,9H2,1-2H3,(H,22,23).